The van der Waals surface area contributed by atoms with Crippen LogP contribution in [0.3, 0.4) is 0 Å². The molecule has 0 aliphatic carbocycles. The van der Waals surface area contributed by atoms with Crippen molar-refractivity contribution in [2.75, 3.05) is 13.2 Å². The highest BCUT2D eigenvalue weighted by molar-refractivity contribution is 9.10. The lowest BCUT2D eigenvalue weighted by atomic mass is 10.1. The van der Waals surface area contributed by atoms with E-state index in [4.69, 9.17) is 10.8 Å². The number of halogens is 1. The van der Waals surface area contributed by atoms with E-state index in [1.54, 1.807) is 12.4 Å². The third-order valence-electron chi connectivity index (χ3n) is 3.08. The number of aliphatic hydroxyl groups excluding tert-OH is 1. The number of hydrogen-bond acceptors (Lipinski definition) is 5. The zero-order chi connectivity index (χ0) is 16.7. The summed E-state index contributed by atoms with van der Waals surface area (Å²) in [7, 11) is 0. The predicted octanol–water partition coefficient (Wildman–Crippen LogP) is 1.24. The number of carbonyl (C=O) groups is 1. The molecule has 0 aliphatic rings. The number of rotatable bonds is 6. The van der Waals surface area contributed by atoms with Crippen LogP contribution in [-0.2, 0) is 11.2 Å². The molecule has 0 unspecified atom stereocenters. The Morgan fingerprint density at radius 2 is 1.87 bits per heavy atom. The lowest BCUT2D eigenvalue weighted by Gasteiger charge is -2.07. The molecule has 2 rings (SSSR count). The third kappa shape index (κ3) is 4.87. The van der Waals surface area contributed by atoms with Gasteiger partial charge in [0.25, 0.3) is 5.91 Å². The first-order valence-electron chi connectivity index (χ1n) is 7.00. The maximum absolute atomic E-state index is 11.9. The standard InChI is InChI=1S/C16H17BrN4O2/c17-13-3-1-11(2-4-13)7-12-9-20-15(21-10-12)14(8-18)16(23)19-5-6-22/h1-4,8-10,22H,5-7,18H2,(H,19,23)/b14-8+. The molecule has 0 fully saturated rings. The van der Waals surface area contributed by atoms with E-state index >= 15 is 0 Å². The van der Waals surface area contributed by atoms with Gasteiger partial charge in [0.2, 0.25) is 0 Å². The highest BCUT2D eigenvalue weighted by atomic mass is 79.9. The van der Waals surface area contributed by atoms with Gasteiger partial charge in [-0.05, 0) is 23.3 Å². The van der Waals surface area contributed by atoms with Gasteiger partial charge in [-0.2, -0.15) is 0 Å². The van der Waals surface area contributed by atoms with E-state index < -0.39 is 5.91 Å². The van der Waals surface area contributed by atoms with Gasteiger partial charge >= 0.3 is 0 Å². The Hall–Kier alpha value is -2.25. The summed E-state index contributed by atoms with van der Waals surface area (Å²) in [5, 5.41) is 11.3. The molecular weight excluding hydrogens is 360 g/mol. The highest BCUT2D eigenvalue weighted by Crippen LogP contribution is 2.14. The molecule has 6 nitrogen and oxygen atoms in total. The number of amides is 1. The first-order valence-corrected chi connectivity index (χ1v) is 7.80. The van der Waals surface area contributed by atoms with Crippen LogP contribution in [0.1, 0.15) is 17.0 Å². The summed E-state index contributed by atoms with van der Waals surface area (Å²) in [6.45, 7) is 0.00833. The van der Waals surface area contributed by atoms with Crippen molar-refractivity contribution in [3.8, 4) is 0 Å². The fraction of sp³-hybridized carbons (Fsp3) is 0.188. The molecule has 1 aromatic carbocycles. The zero-order valence-electron chi connectivity index (χ0n) is 12.4. The van der Waals surface area contributed by atoms with Gasteiger partial charge in [0, 0.05) is 36.0 Å². The van der Waals surface area contributed by atoms with Gasteiger partial charge < -0.3 is 16.2 Å². The number of nitrogens with two attached hydrogens (primary N) is 1. The van der Waals surface area contributed by atoms with Crippen molar-refractivity contribution < 1.29 is 9.90 Å². The summed E-state index contributed by atoms with van der Waals surface area (Å²) in [5.41, 5.74) is 7.73. The van der Waals surface area contributed by atoms with Crippen LogP contribution in [0.25, 0.3) is 5.57 Å². The van der Waals surface area contributed by atoms with Crippen LogP contribution < -0.4 is 11.1 Å². The number of aromatic nitrogens is 2. The average molecular weight is 377 g/mol. The second-order valence-corrected chi connectivity index (χ2v) is 5.69. The second-order valence-electron chi connectivity index (χ2n) is 4.78. The van der Waals surface area contributed by atoms with E-state index in [2.05, 4.69) is 31.2 Å². The Bertz CT molecular complexity index is 684. The van der Waals surface area contributed by atoms with Gasteiger partial charge in [-0.25, -0.2) is 9.97 Å². The van der Waals surface area contributed by atoms with Crippen molar-refractivity contribution in [1.82, 2.24) is 15.3 Å². The number of carbonyl (C=O) groups excluding carboxylic acids is 1. The summed E-state index contributed by atoms with van der Waals surface area (Å²) in [6.07, 6.45) is 5.21. The molecule has 2 aromatic rings. The number of nitrogens with zero attached hydrogens (tertiary/aromatic N) is 2. The largest absolute Gasteiger partial charge is 0.404 e. The first-order chi connectivity index (χ1) is 11.1. The number of nitrogens with one attached hydrogen (secondary N) is 1. The molecule has 1 heterocycles. The van der Waals surface area contributed by atoms with E-state index in [0.717, 1.165) is 21.8 Å². The Morgan fingerprint density at radius 3 is 2.43 bits per heavy atom. The molecular formula is C16H17BrN4O2. The summed E-state index contributed by atoms with van der Waals surface area (Å²) < 4.78 is 1.03. The molecule has 0 bridgehead atoms. The summed E-state index contributed by atoms with van der Waals surface area (Å²) in [5.74, 6) is -0.162. The molecule has 1 aromatic heterocycles. The second kappa shape index (κ2) is 8.40. The van der Waals surface area contributed by atoms with Crippen LogP contribution in [0.5, 0.6) is 0 Å². The molecule has 0 saturated heterocycles. The van der Waals surface area contributed by atoms with Gasteiger partial charge in [0.05, 0.1) is 12.2 Å². The Kier molecular flexibility index (Phi) is 6.25. The summed E-state index contributed by atoms with van der Waals surface area (Å²) in [4.78, 5) is 20.3. The zero-order valence-corrected chi connectivity index (χ0v) is 14.0. The predicted molar refractivity (Wildman–Crippen MR) is 91.2 cm³/mol. The van der Waals surface area contributed by atoms with Crippen molar-refractivity contribution >= 4 is 27.4 Å². The highest BCUT2D eigenvalue weighted by Gasteiger charge is 2.13. The van der Waals surface area contributed by atoms with Gasteiger partial charge in [-0.15, -0.1) is 0 Å². The Balaban J connectivity index is 2.08. The molecule has 0 saturated carbocycles. The van der Waals surface area contributed by atoms with Crippen molar-refractivity contribution in [3.05, 3.63) is 64.3 Å². The van der Waals surface area contributed by atoms with Crippen LogP contribution in [0.4, 0.5) is 0 Å². The maximum atomic E-state index is 11.9. The average Bonchev–Trinajstić information content (AvgIpc) is 2.57. The molecule has 0 spiro atoms. The van der Waals surface area contributed by atoms with E-state index in [1.165, 1.54) is 0 Å². The molecule has 0 aliphatic heterocycles. The Labute approximate surface area is 142 Å². The molecule has 1 amide bonds. The van der Waals surface area contributed by atoms with Gasteiger partial charge in [-0.1, -0.05) is 28.1 Å². The van der Waals surface area contributed by atoms with Crippen LogP contribution in [-0.4, -0.2) is 34.1 Å². The van der Waals surface area contributed by atoms with Gasteiger partial charge in [-0.3, -0.25) is 4.79 Å². The smallest absolute Gasteiger partial charge is 0.256 e. The van der Waals surface area contributed by atoms with Crippen LogP contribution >= 0.6 is 15.9 Å². The monoisotopic (exact) mass is 376 g/mol. The summed E-state index contributed by atoms with van der Waals surface area (Å²) in [6, 6.07) is 7.99. The maximum Gasteiger partial charge on any atom is 0.256 e. The van der Waals surface area contributed by atoms with E-state index in [9.17, 15) is 4.79 Å². The molecule has 23 heavy (non-hydrogen) atoms. The van der Waals surface area contributed by atoms with E-state index in [0.29, 0.717) is 6.42 Å². The third-order valence-corrected chi connectivity index (χ3v) is 3.61. The van der Waals surface area contributed by atoms with Crippen molar-refractivity contribution in [3.63, 3.8) is 0 Å². The SMILES string of the molecule is N/C=C(/C(=O)NCCO)c1ncc(Cc2ccc(Br)cc2)cn1. The Morgan fingerprint density at radius 1 is 1.22 bits per heavy atom. The van der Waals surface area contributed by atoms with Crippen molar-refractivity contribution in [2.24, 2.45) is 5.73 Å². The van der Waals surface area contributed by atoms with E-state index in [1.807, 2.05) is 24.3 Å². The fourth-order valence-electron chi connectivity index (χ4n) is 1.94. The normalized spacial score (nSPS) is 11.3. The lowest BCUT2D eigenvalue weighted by Crippen LogP contribution is -2.28. The van der Waals surface area contributed by atoms with Crippen molar-refractivity contribution in [1.29, 1.82) is 0 Å². The van der Waals surface area contributed by atoms with Crippen LogP contribution in [0.15, 0.2) is 47.3 Å². The lowest BCUT2D eigenvalue weighted by molar-refractivity contribution is -0.115. The van der Waals surface area contributed by atoms with E-state index in [-0.39, 0.29) is 24.5 Å². The minimum absolute atomic E-state index is 0.142. The van der Waals surface area contributed by atoms with Crippen LogP contribution in [0, 0.1) is 0 Å². The number of benzene rings is 1. The molecule has 0 radical (unpaired) electrons. The summed E-state index contributed by atoms with van der Waals surface area (Å²) >= 11 is 3.40. The minimum atomic E-state index is -0.415. The molecule has 4 N–H and O–H groups in total. The number of hydrogen-bond donors (Lipinski definition) is 3. The number of aliphatic hydroxyl groups is 1. The van der Waals surface area contributed by atoms with Crippen LogP contribution in [0.2, 0.25) is 0 Å². The minimum Gasteiger partial charge on any atom is -0.404 e. The molecule has 7 heteroatoms. The topological polar surface area (TPSA) is 101 Å². The quantitative estimate of drug-likeness (QED) is 0.658. The molecule has 0 atom stereocenters. The fourth-order valence-corrected chi connectivity index (χ4v) is 2.20. The van der Waals surface area contributed by atoms with Gasteiger partial charge in [0.1, 0.15) is 0 Å². The first kappa shape index (κ1) is 17.1. The van der Waals surface area contributed by atoms with Crippen molar-refractivity contribution in [2.45, 2.75) is 6.42 Å². The van der Waals surface area contributed by atoms with Gasteiger partial charge in [0.15, 0.2) is 5.82 Å². The molecule has 120 valence electrons.